The summed E-state index contributed by atoms with van der Waals surface area (Å²) in [5.74, 6) is 0.504. The molecule has 2 N–H and O–H groups in total. The minimum atomic E-state index is -1.17. The van der Waals surface area contributed by atoms with E-state index >= 15 is 0 Å². The zero-order valence-corrected chi connectivity index (χ0v) is 11.7. The number of nitrogens with one attached hydrogen (secondary N) is 1. The second-order valence-corrected chi connectivity index (χ2v) is 6.57. The van der Waals surface area contributed by atoms with Gasteiger partial charge in [-0.1, -0.05) is 5.16 Å². The molecule has 1 aromatic rings. The summed E-state index contributed by atoms with van der Waals surface area (Å²) < 4.78 is 5.03. The summed E-state index contributed by atoms with van der Waals surface area (Å²) in [5, 5.41) is 15.9. The molecule has 1 saturated heterocycles. The normalized spacial score (nSPS) is 21.4. The molecule has 0 aromatic carbocycles. The summed E-state index contributed by atoms with van der Waals surface area (Å²) in [7, 11) is 0. The van der Waals surface area contributed by atoms with Crippen LogP contribution in [0.5, 0.6) is 0 Å². The lowest BCUT2D eigenvalue weighted by Crippen LogP contribution is -2.56. The zero-order chi connectivity index (χ0) is 14.2. The molecule has 1 aromatic heterocycles. The van der Waals surface area contributed by atoms with Gasteiger partial charge in [0.25, 0.3) is 5.91 Å². The van der Waals surface area contributed by atoms with Crippen LogP contribution in [0.4, 0.5) is 0 Å². The van der Waals surface area contributed by atoms with Crippen LogP contribution in [0.1, 0.15) is 47.8 Å². The molecule has 108 valence electrons. The molecule has 2 fully saturated rings. The number of aliphatic carboxylic acids is 1. The number of thioether (sulfide) groups is 1. The van der Waals surface area contributed by atoms with E-state index in [1.54, 1.807) is 17.8 Å². The Labute approximate surface area is 120 Å². The van der Waals surface area contributed by atoms with E-state index in [1.807, 2.05) is 0 Å². The molecule has 0 radical (unpaired) electrons. The lowest BCUT2D eigenvalue weighted by atomic mass is 9.92. The van der Waals surface area contributed by atoms with Crippen LogP contribution in [0, 0.1) is 0 Å². The van der Waals surface area contributed by atoms with Crippen molar-refractivity contribution in [2.45, 2.75) is 37.1 Å². The molecule has 2 aliphatic rings. The molecule has 6 nitrogen and oxygen atoms in total. The van der Waals surface area contributed by atoms with Gasteiger partial charge in [0.15, 0.2) is 0 Å². The molecule has 1 aliphatic carbocycles. The molecule has 1 amide bonds. The Balaban J connectivity index is 1.73. The maximum Gasteiger partial charge on any atom is 0.329 e. The molecule has 20 heavy (non-hydrogen) atoms. The number of hydrogen-bond donors (Lipinski definition) is 2. The van der Waals surface area contributed by atoms with E-state index in [-0.39, 0.29) is 5.76 Å². The molecular formula is C13H16N2O4S. The predicted octanol–water partition coefficient (Wildman–Crippen LogP) is 1.63. The number of carboxylic acids is 1. The van der Waals surface area contributed by atoms with Crippen LogP contribution >= 0.6 is 11.8 Å². The monoisotopic (exact) mass is 296 g/mol. The van der Waals surface area contributed by atoms with Crippen molar-refractivity contribution in [3.8, 4) is 0 Å². The van der Waals surface area contributed by atoms with Gasteiger partial charge >= 0.3 is 5.97 Å². The molecule has 0 bridgehead atoms. The van der Waals surface area contributed by atoms with Crippen LogP contribution in [-0.2, 0) is 4.79 Å². The molecule has 3 rings (SSSR count). The molecule has 2 heterocycles. The summed E-state index contributed by atoms with van der Waals surface area (Å²) in [6.07, 6.45) is 3.01. The van der Waals surface area contributed by atoms with E-state index in [1.165, 1.54) is 0 Å². The molecule has 0 unspecified atom stereocenters. The van der Waals surface area contributed by atoms with Crippen molar-refractivity contribution in [3.05, 3.63) is 17.5 Å². The van der Waals surface area contributed by atoms with Crippen LogP contribution in [0.15, 0.2) is 10.6 Å². The quantitative estimate of drug-likeness (QED) is 0.877. The van der Waals surface area contributed by atoms with Crippen LogP contribution in [-0.4, -0.2) is 39.2 Å². The third-order valence-electron chi connectivity index (χ3n) is 3.86. The number of carboxylic acid groups (broad SMARTS) is 1. The Morgan fingerprint density at radius 2 is 2.10 bits per heavy atom. The van der Waals surface area contributed by atoms with E-state index in [2.05, 4.69) is 10.5 Å². The summed E-state index contributed by atoms with van der Waals surface area (Å²) in [5.41, 5.74) is -0.381. The molecular weight excluding hydrogens is 280 g/mol. The average molecular weight is 296 g/mol. The highest BCUT2D eigenvalue weighted by molar-refractivity contribution is 7.99. The van der Waals surface area contributed by atoms with E-state index in [4.69, 9.17) is 4.52 Å². The van der Waals surface area contributed by atoms with E-state index in [0.717, 1.165) is 30.0 Å². The third kappa shape index (κ3) is 2.54. The minimum absolute atomic E-state index is 0.103. The first-order valence-electron chi connectivity index (χ1n) is 6.71. The van der Waals surface area contributed by atoms with Gasteiger partial charge in [0.1, 0.15) is 5.54 Å². The summed E-state index contributed by atoms with van der Waals surface area (Å²) in [6.45, 7) is 0. The van der Waals surface area contributed by atoms with Crippen molar-refractivity contribution in [1.29, 1.82) is 0 Å². The smallest absolute Gasteiger partial charge is 0.329 e. The fourth-order valence-electron chi connectivity index (χ4n) is 2.36. The standard InChI is InChI=1S/C13H16N2O4S/c16-11(10-7-9(15-19-10)8-1-2-8)14-13(12(17)18)3-5-20-6-4-13/h7-8H,1-6H2,(H,14,16)(H,17,18). The first-order valence-corrected chi connectivity index (χ1v) is 7.86. The van der Waals surface area contributed by atoms with Crippen LogP contribution in [0.3, 0.4) is 0 Å². The molecule has 0 spiro atoms. The molecule has 1 saturated carbocycles. The van der Waals surface area contributed by atoms with Gasteiger partial charge in [0.2, 0.25) is 5.76 Å². The summed E-state index contributed by atoms with van der Waals surface area (Å²) in [6, 6.07) is 1.63. The fourth-order valence-corrected chi connectivity index (χ4v) is 3.55. The lowest BCUT2D eigenvalue weighted by molar-refractivity contribution is -0.144. The van der Waals surface area contributed by atoms with Crippen molar-refractivity contribution in [1.82, 2.24) is 10.5 Å². The van der Waals surface area contributed by atoms with Gasteiger partial charge in [-0.15, -0.1) is 0 Å². The SMILES string of the molecule is O=C(NC1(C(=O)O)CCSCC1)c1cc(C2CC2)no1. The zero-order valence-electron chi connectivity index (χ0n) is 10.9. The maximum atomic E-state index is 12.2. The second kappa shape index (κ2) is 5.12. The van der Waals surface area contributed by atoms with Gasteiger partial charge < -0.3 is 14.9 Å². The Hall–Kier alpha value is -1.50. The number of carbonyl (C=O) groups is 2. The van der Waals surface area contributed by atoms with E-state index in [9.17, 15) is 14.7 Å². The Morgan fingerprint density at radius 1 is 1.40 bits per heavy atom. The minimum Gasteiger partial charge on any atom is -0.480 e. The van der Waals surface area contributed by atoms with Gasteiger partial charge in [-0.3, -0.25) is 4.79 Å². The summed E-state index contributed by atoms with van der Waals surface area (Å²) in [4.78, 5) is 23.7. The number of nitrogens with zero attached hydrogens (tertiary/aromatic N) is 1. The van der Waals surface area contributed by atoms with Gasteiger partial charge in [-0.25, -0.2) is 4.79 Å². The highest BCUT2D eigenvalue weighted by Gasteiger charge is 2.42. The molecule has 7 heteroatoms. The topological polar surface area (TPSA) is 92.4 Å². The Kier molecular flexibility index (Phi) is 3.45. The van der Waals surface area contributed by atoms with E-state index in [0.29, 0.717) is 18.8 Å². The highest BCUT2D eigenvalue weighted by atomic mass is 32.2. The van der Waals surface area contributed by atoms with Crippen molar-refractivity contribution >= 4 is 23.6 Å². The largest absolute Gasteiger partial charge is 0.480 e. The number of aromatic nitrogens is 1. The van der Waals surface area contributed by atoms with E-state index < -0.39 is 17.4 Å². The average Bonchev–Trinajstić information content (AvgIpc) is 3.17. The molecule has 1 aliphatic heterocycles. The van der Waals surface area contributed by atoms with Crippen molar-refractivity contribution in [3.63, 3.8) is 0 Å². The number of amides is 1. The van der Waals surface area contributed by atoms with Gasteiger partial charge in [0, 0.05) is 12.0 Å². The first kappa shape index (κ1) is 13.5. The maximum absolute atomic E-state index is 12.2. The van der Waals surface area contributed by atoms with Crippen LogP contribution in [0.2, 0.25) is 0 Å². The number of rotatable bonds is 4. The Bertz CT molecular complexity index is 532. The Morgan fingerprint density at radius 3 is 2.70 bits per heavy atom. The van der Waals surface area contributed by atoms with Crippen LogP contribution < -0.4 is 5.32 Å². The number of carbonyl (C=O) groups excluding carboxylic acids is 1. The third-order valence-corrected chi connectivity index (χ3v) is 4.84. The highest BCUT2D eigenvalue weighted by Crippen LogP contribution is 2.39. The van der Waals surface area contributed by atoms with Crippen molar-refractivity contribution in [2.75, 3.05) is 11.5 Å². The lowest BCUT2D eigenvalue weighted by Gasteiger charge is -2.33. The second-order valence-electron chi connectivity index (χ2n) is 5.34. The van der Waals surface area contributed by atoms with Gasteiger partial charge in [-0.2, -0.15) is 11.8 Å². The van der Waals surface area contributed by atoms with Crippen molar-refractivity contribution in [2.24, 2.45) is 0 Å². The summed E-state index contributed by atoms with van der Waals surface area (Å²) >= 11 is 1.70. The van der Waals surface area contributed by atoms with Crippen molar-refractivity contribution < 1.29 is 19.2 Å². The predicted molar refractivity (Wildman–Crippen MR) is 72.9 cm³/mol. The first-order chi connectivity index (χ1) is 9.61. The number of hydrogen-bond acceptors (Lipinski definition) is 5. The fraction of sp³-hybridized carbons (Fsp3) is 0.615. The molecule has 0 atom stereocenters. The van der Waals surface area contributed by atoms with Crippen LogP contribution in [0.25, 0.3) is 0 Å². The van der Waals surface area contributed by atoms with Gasteiger partial charge in [-0.05, 0) is 37.2 Å². The van der Waals surface area contributed by atoms with Gasteiger partial charge in [0.05, 0.1) is 5.69 Å².